The fourth-order valence-electron chi connectivity index (χ4n) is 2.46. The van der Waals surface area contributed by atoms with Gasteiger partial charge in [-0.2, -0.15) is 0 Å². The smallest absolute Gasteiger partial charge is 0.261 e. The molecule has 0 aliphatic carbocycles. The minimum atomic E-state index is -3.61. The fraction of sp³-hybridized carbons (Fsp3) is 0.200. The molecule has 3 rings (SSSR count). The Bertz CT molecular complexity index is 790. The molecule has 1 aliphatic rings. The van der Waals surface area contributed by atoms with E-state index in [1.165, 1.54) is 0 Å². The summed E-state index contributed by atoms with van der Waals surface area (Å²) >= 11 is 5.87. The molecule has 0 radical (unpaired) electrons. The fourth-order valence-corrected chi connectivity index (χ4v) is 3.75. The number of hydrogen-bond donors (Lipinski definition) is 2. The summed E-state index contributed by atoms with van der Waals surface area (Å²) in [6.07, 6.45) is 0.829. The quantitative estimate of drug-likeness (QED) is 0.909. The molecule has 0 spiro atoms. The molecule has 21 heavy (non-hydrogen) atoms. The second kappa shape index (κ2) is 5.24. The SMILES string of the molecule is C[C@H]1Cc2cc(S(=O)(=O)Nc3cccc(Cl)c3)ccc2N1. The van der Waals surface area contributed by atoms with E-state index < -0.39 is 10.0 Å². The van der Waals surface area contributed by atoms with E-state index in [0.717, 1.165) is 17.7 Å². The van der Waals surface area contributed by atoms with Crippen LogP contribution in [0, 0.1) is 0 Å². The highest BCUT2D eigenvalue weighted by molar-refractivity contribution is 7.92. The van der Waals surface area contributed by atoms with Crippen LogP contribution in [0.25, 0.3) is 0 Å². The third-order valence-electron chi connectivity index (χ3n) is 3.39. The van der Waals surface area contributed by atoms with E-state index in [2.05, 4.69) is 17.0 Å². The average molecular weight is 323 g/mol. The van der Waals surface area contributed by atoms with Crippen molar-refractivity contribution in [1.82, 2.24) is 0 Å². The van der Waals surface area contributed by atoms with Gasteiger partial charge in [-0.05, 0) is 55.3 Å². The maximum absolute atomic E-state index is 12.4. The van der Waals surface area contributed by atoms with Gasteiger partial charge in [0.25, 0.3) is 10.0 Å². The predicted octanol–water partition coefficient (Wildman–Crippen LogP) is 3.50. The van der Waals surface area contributed by atoms with Crippen LogP contribution in [0.4, 0.5) is 11.4 Å². The van der Waals surface area contributed by atoms with Gasteiger partial charge < -0.3 is 5.32 Å². The second-order valence-corrected chi connectivity index (χ2v) is 7.30. The van der Waals surface area contributed by atoms with Gasteiger partial charge in [0.15, 0.2) is 0 Å². The van der Waals surface area contributed by atoms with Crippen molar-refractivity contribution in [1.29, 1.82) is 0 Å². The van der Waals surface area contributed by atoms with E-state index in [0.29, 0.717) is 16.8 Å². The Labute approximate surface area is 129 Å². The average Bonchev–Trinajstić information content (AvgIpc) is 2.77. The first kappa shape index (κ1) is 14.2. The van der Waals surface area contributed by atoms with E-state index in [-0.39, 0.29) is 4.90 Å². The second-order valence-electron chi connectivity index (χ2n) is 5.18. The Morgan fingerprint density at radius 2 is 2.05 bits per heavy atom. The lowest BCUT2D eigenvalue weighted by molar-refractivity contribution is 0.601. The first-order chi connectivity index (χ1) is 9.94. The summed E-state index contributed by atoms with van der Waals surface area (Å²) in [4.78, 5) is 0.261. The van der Waals surface area contributed by atoms with Crippen LogP contribution in [0.15, 0.2) is 47.4 Å². The first-order valence-electron chi connectivity index (χ1n) is 6.62. The monoisotopic (exact) mass is 322 g/mol. The van der Waals surface area contributed by atoms with Gasteiger partial charge in [0.1, 0.15) is 0 Å². The zero-order chi connectivity index (χ0) is 15.0. The van der Waals surface area contributed by atoms with E-state index in [4.69, 9.17) is 11.6 Å². The number of halogens is 1. The molecular formula is C15H15ClN2O2S. The maximum Gasteiger partial charge on any atom is 0.261 e. The summed E-state index contributed by atoms with van der Waals surface area (Å²) in [6, 6.07) is 12.1. The molecule has 1 aliphatic heterocycles. The Hall–Kier alpha value is -1.72. The number of anilines is 2. The lowest BCUT2D eigenvalue weighted by Gasteiger charge is -2.09. The normalized spacial score (nSPS) is 17.1. The lowest BCUT2D eigenvalue weighted by Crippen LogP contribution is -2.13. The molecule has 4 nitrogen and oxygen atoms in total. The highest BCUT2D eigenvalue weighted by Gasteiger charge is 2.21. The van der Waals surface area contributed by atoms with Crippen LogP contribution in [-0.4, -0.2) is 14.5 Å². The van der Waals surface area contributed by atoms with Gasteiger partial charge in [0, 0.05) is 16.8 Å². The highest BCUT2D eigenvalue weighted by atomic mass is 35.5. The Morgan fingerprint density at radius 3 is 2.81 bits per heavy atom. The van der Waals surface area contributed by atoms with Crippen molar-refractivity contribution >= 4 is 33.0 Å². The minimum Gasteiger partial charge on any atom is -0.382 e. The molecule has 0 bridgehead atoms. The lowest BCUT2D eigenvalue weighted by atomic mass is 10.1. The number of nitrogens with one attached hydrogen (secondary N) is 2. The van der Waals surface area contributed by atoms with Crippen LogP contribution < -0.4 is 10.0 Å². The summed E-state index contributed by atoms with van der Waals surface area (Å²) in [7, 11) is -3.61. The standard InChI is InChI=1S/C15H15ClN2O2S/c1-10-7-11-8-14(5-6-15(11)17-10)21(19,20)18-13-4-2-3-12(16)9-13/h2-6,8-10,17-18H,7H2,1H3/t10-/m0/s1. The molecule has 6 heteroatoms. The van der Waals surface area contributed by atoms with Crippen LogP contribution in [0.1, 0.15) is 12.5 Å². The molecule has 110 valence electrons. The van der Waals surface area contributed by atoms with Crippen LogP contribution in [0.5, 0.6) is 0 Å². The number of sulfonamides is 1. The molecule has 2 N–H and O–H groups in total. The third-order valence-corrected chi connectivity index (χ3v) is 5.01. The molecule has 0 saturated heterocycles. The van der Waals surface area contributed by atoms with Crippen LogP contribution >= 0.6 is 11.6 Å². The van der Waals surface area contributed by atoms with Gasteiger partial charge >= 0.3 is 0 Å². The van der Waals surface area contributed by atoms with Gasteiger partial charge in [0.2, 0.25) is 0 Å². The van der Waals surface area contributed by atoms with Crippen LogP contribution in [-0.2, 0) is 16.4 Å². The van der Waals surface area contributed by atoms with Gasteiger partial charge in [-0.25, -0.2) is 8.42 Å². The van der Waals surface area contributed by atoms with Crippen molar-refractivity contribution in [2.24, 2.45) is 0 Å². The summed E-state index contributed by atoms with van der Waals surface area (Å²) < 4.78 is 27.4. The van der Waals surface area contributed by atoms with E-state index in [1.807, 2.05) is 6.07 Å². The summed E-state index contributed by atoms with van der Waals surface area (Å²) in [6.45, 7) is 2.07. The molecular weight excluding hydrogens is 308 g/mol. The van der Waals surface area contributed by atoms with Crippen molar-refractivity contribution in [2.45, 2.75) is 24.3 Å². The molecule has 1 atom stereocenters. The molecule has 2 aromatic rings. The summed E-state index contributed by atoms with van der Waals surface area (Å²) in [5.74, 6) is 0. The third kappa shape index (κ3) is 2.99. The molecule has 0 unspecified atom stereocenters. The van der Waals surface area contributed by atoms with E-state index >= 15 is 0 Å². The summed E-state index contributed by atoms with van der Waals surface area (Å²) in [5.41, 5.74) is 2.48. The number of rotatable bonds is 3. The largest absolute Gasteiger partial charge is 0.382 e. The van der Waals surface area contributed by atoms with Gasteiger partial charge in [-0.3, -0.25) is 4.72 Å². The Morgan fingerprint density at radius 1 is 1.24 bits per heavy atom. The molecule has 2 aromatic carbocycles. The van der Waals surface area contributed by atoms with Crippen molar-refractivity contribution < 1.29 is 8.42 Å². The topological polar surface area (TPSA) is 58.2 Å². The first-order valence-corrected chi connectivity index (χ1v) is 8.48. The number of fused-ring (bicyclic) bond motifs is 1. The van der Waals surface area contributed by atoms with Crippen molar-refractivity contribution in [2.75, 3.05) is 10.0 Å². The maximum atomic E-state index is 12.4. The van der Waals surface area contributed by atoms with Crippen LogP contribution in [0.2, 0.25) is 5.02 Å². The van der Waals surface area contributed by atoms with Gasteiger partial charge in [0.05, 0.1) is 10.6 Å². The molecule has 0 saturated carbocycles. The highest BCUT2D eigenvalue weighted by Crippen LogP contribution is 2.29. The predicted molar refractivity (Wildman–Crippen MR) is 85.5 cm³/mol. The van der Waals surface area contributed by atoms with Crippen molar-refractivity contribution in [3.8, 4) is 0 Å². The molecule has 0 fully saturated rings. The van der Waals surface area contributed by atoms with Gasteiger partial charge in [-0.1, -0.05) is 17.7 Å². The minimum absolute atomic E-state index is 0.261. The summed E-state index contributed by atoms with van der Waals surface area (Å²) in [5, 5.41) is 3.79. The molecule has 0 aromatic heterocycles. The van der Waals surface area contributed by atoms with Crippen LogP contribution in [0.3, 0.4) is 0 Å². The number of benzene rings is 2. The van der Waals surface area contributed by atoms with E-state index in [9.17, 15) is 8.42 Å². The number of hydrogen-bond acceptors (Lipinski definition) is 3. The zero-order valence-electron chi connectivity index (χ0n) is 11.4. The zero-order valence-corrected chi connectivity index (χ0v) is 13.0. The van der Waals surface area contributed by atoms with E-state index in [1.54, 1.807) is 36.4 Å². The van der Waals surface area contributed by atoms with Crippen molar-refractivity contribution in [3.05, 3.63) is 53.1 Å². The van der Waals surface area contributed by atoms with Crippen molar-refractivity contribution in [3.63, 3.8) is 0 Å². The molecule has 1 heterocycles. The Balaban J connectivity index is 1.91. The Kier molecular flexibility index (Phi) is 3.55. The van der Waals surface area contributed by atoms with Gasteiger partial charge in [-0.15, -0.1) is 0 Å². The molecule has 0 amide bonds.